The molecule has 4 rings (SSSR count). The summed E-state index contributed by atoms with van der Waals surface area (Å²) in [7, 11) is -3.33. The van der Waals surface area contributed by atoms with Gasteiger partial charge in [0.2, 0.25) is 10.0 Å². The van der Waals surface area contributed by atoms with E-state index in [1.165, 1.54) is 12.1 Å². The van der Waals surface area contributed by atoms with E-state index >= 15 is 0 Å². The average Bonchev–Trinajstić information content (AvgIpc) is 2.68. The number of nitrogens with one attached hydrogen (secondary N) is 1. The molecule has 2 aliphatic rings. The molecule has 0 aromatic heterocycles. The summed E-state index contributed by atoms with van der Waals surface area (Å²) in [6, 6.07) is 10.6. The number of rotatable bonds is 3. The summed E-state index contributed by atoms with van der Waals surface area (Å²) in [5, 5.41) is 0. The van der Waals surface area contributed by atoms with Crippen molar-refractivity contribution in [1.29, 1.82) is 0 Å². The van der Waals surface area contributed by atoms with E-state index in [-0.39, 0.29) is 16.0 Å². The quantitative estimate of drug-likeness (QED) is 0.644. The lowest BCUT2D eigenvalue weighted by atomic mass is 9.97. The molecule has 2 aromatic carbocycles. The third-order valence-electron chi connectivity index (χ3n) is 5.02. The maximum absolute atomic E-state index is 13.1. The predicted octanol–water partition coefficient (Wildman–Crippen LogP) is 4.96. The molecule has 0 saturated carbocycles. The SMILES string of the molecule is O=S1(=O)CCN2CCCC(c3ccc(Oc4ccc(Br)c(C(F)(F)F)c4)cc3)=C2N1. The van der Waals surface area contributed by atoms with Crippen molar-refractivity contribution >= 4 is 31.5 Å². The molecule has 0 atom stereocenters. The first-order valence-corrected chi connectivity index (χ1v) is 11.7. The Bertz CT molecular complexity index is 1100. The molecule has 30 heavy (non-hydrogen) atoms. The second-order valence-corrected chi connectivity index (χ2v) is 9.80. The van der Waals surface area contributed by atoms with E-state index in [9.17, 15) is 21.6 Å². The maximum atomic E-state index is 13.1. The number of fused-ring (bicyclic) bond motifs is 1. The normalized spacial score (nSPS) is 18.6. The van der Waals surface area contributed by atoms with Crippen LogP contribution in [0.3, 0.4) is 0 Å². The Morgan fingerprint density at radius 1 is 1.03 bits per heavy atom. The van der Waals surface area contributed by atoms with Gasteiger partial charge in [-0.1, -0.05) is 28.1 Å². The largest absolute Gasteiger partial charge is 0.457 e. The van der Waals surface area contributed by atoms with Crippen molar-refractivity contribution < 1.29 is 26.3 Å². The number of allylic oxidation sites excluding steroid dienone is 1. The lowest BCUT2D eigenvalue weighted by Crippen LogP contribution is -2.47. The number of hydrogen-bond donors (Lipinski definition) is 1. The zero-order valence-electron chi connectivity index (χ0n) is 15.7. The molecule has 10 heteroatoms. The van der Waals surface area contributed by atoms with E-state index < -0.39 is 21.8 Å². The van der Waals surface area contributed by atoms with E-state index in [1.807, 2.05) is 4.90 Å². The molecular weight excluding hydrogens is 485 g/mol. The fourth-order valence-corrected chi connectivity index (χ4v) is 5.15. The van der Waals surface area contributed by atoms with Gasteiger partial charge in [-0.05, 0) is 48.7 Å². The summed E-state index contributed by atoms with van der Waals surface area (Å²) in [5.41, 5.74) is 0.938. The Kier molecular flexibility index (Phi) is 5.48. The monoisotopic (exact) mass is 502 g/mol. The molecule has 2 aromatic rings. The highest BCUT2D eigenvalue weighted by Crippen LogP contribution is 2.38. The van der Waals surface area contributed by atoms with Crippen molar-refractivity contribution in [3.05, 3.63) is 63.9 Å². The van der Waals surface area contributed by atoms with Crippen molar-refractivity contribution in [2.45, 2.75) is 19.0 Å². The van der Waals surface area contributed by atoms with Crippen molar-refractivity contribution in [2.75, 3.05) is 18.8 Å². The van der Waals surface area contributed by atoms with Crippen LogP contribution in [0.1, 0.15) is 24.0 Å². The molecule has 2 heterocycles. The Balaban J connectivity index is 1.59. The molecule has 0 spiro atoms. The fraction of sp³-hybridized carbons (Fsp3) is 0.300. The van der Waals surface area contributed by atoms with Gasteiger partial charge in [-0.3, -0.25) is 4.72 Å². The Labute approximate surface area is 180 Å². The maximum Gasteiger partial charge on any atom is 0.417 e. The molecule has 0 amide bonds. The van der Waals surface area contributed by atoms with Crippen LogP contribution in [0.5, 0.6) is 11.5 Å². The van der Waals surface area contributed by atoms with Gasteiger partial charge in [-0.2, -0.15) is 13.2 Å². The smallest absolute Gasteiger partial charge is 0.417 e. The summed E-state index contributed by atoms with van der Waals surface area (Å²) >= 11 is 2.91. The van der Waals surface area contributed by atoms with Gasteiger partial charge in [0.15, 0.2) is 0 Å². The summed E-state index contributed by atoms with van der Waals surface area (Å²) in [4.78, 5) is 2.03. The lowest BCUT2D eigenvalue weighted by Gasteiger charge is -2.37. The standard InChI is InChI=1S/C20H18BrF3N2O3S/c21-18-8-7-15(12-17(18)20(22,23)24)29-14-5-3-13(4-6-14)16-2-1-9-26-10-11-30(27,28)25-19(16)26/h3-8,12,25H,1-2,9-11H2. The van der Waals surface area contributed by atoms with Gasteiger partial charge in [-0.25, -0.2) is 8.42 Å². The minimum absolute atomic E-state index is 0.0529. The van der Waals surface area contributed by atoms with E-state index in [4.69, 9.17) is 4.74 Å². The third-order valence-corrected chi connectivity index (χ3v) is 6.94. The van der Waals surface area contributed by atoms with Crippen molar-refractivity contribution in [3.8, 4) is 11.5 Å². The van der Waals surface area contributed by atoms with Gasteiger partial charge in [0.25, 0.3) is 0 Å². The Morgan fingerprint density at radius 3 is 2.43 bits per heavy atom. The van der Waals surface area contributed by atoms with E-state index in [0.29, 0.717) is 18.1 Å². The van der Waals surface area contributed by atoms with Crippen LogP contribution in [0.25, 0.3) is 5.57 Å². The number of ether oxygens (including phenoxy) is 1. The highest BCUT2D eigenvalue weighted by Gasteiger charge is 2.33. The highest BCUT2D eigenvalue weighted by molar-refractivity contribution is 9.10. The number of hydrogen-bond acceptors (Lipinski definition) is 4. The number of alkyl halides is 3. The Hall–Kier alpha value is -2.20. The molecule has 1 N–H and O–H groups in total. The predicted molar refractivity (Wildman–Crippen MR) is 110 cm³/mol. The fourth-order valence-electron chi connectivity index (χ4n) is 3.57. The number of halogens is 4. The van der Waals surface area contributed by atoms with Crippen LogP contribution in [-0.4, -0.2) is 32.2 Å². The summed E-state index contributed by atoms with van der Waals surface area (Å²) < 4.78 is 71.4. The first-order chi connectivity index (χ1) is 14.1. The first kappa shape index (κ1) is 21.0. The molecule has 0 unspecified atom stereocenters. The summed E-state index contributed by atoms with van der Waals surface area (Å²) in [6.07, 6.45) is -2.84. The van der Waals surface area contributed by atoms with E-state index in [0.717, 1.165) is 36.6 Å². The molecule has 0 radical (unpaired) electrons. The van der Waals surface area contributed by atoms with E-state index in [1.54, 1.807) is 24.3 Å². The third kappa shape index (κ3) is 4.44. The van der Waals surface area contributed by atoms with Gasteiger partial charge >= 0.3 is 6.18 Å². The Morgan fingerprint density at radius 2 is 1.73 bits per heavy atom. The van der Waals surface area contributed by atoms with Crippen LogP contribution >= 0.6 is 15.9 Å². The van der Waals surface area contributed by atoms with Crippen molar-refractivity contribution in [3.63, 3.8) is 0 Å². The van der Waals surface area contributed by atoms with Crippen LogP contribution in [0, 0.1) is 0 Å². The van der Waals surface area contributed by atoms with Gasteiger partial charge in [0.1, 0.15) is 17.3 Å². The molecule has 160 valence electrons. The van der Waals surface area contributed by atoms with Gasteiger partial charge in [-0.15, -0.1) is 0 Å². The van der Waals surface area contributed by atoms with Gasteiger partial charge < -0.3 is 9.64 Å². The van der Waals surface area contributed by atoms with Gasteiger partial charge in [0.05, 0.1) is 11.3 Å². The molecule has 0 aliphatic carbocycles. The average molecular weight is 503 g/mol. The second kappa shape index (κ2) is 7.81. The van der Waals surface area contributed by atoms with Crippen LogP contribution in [0.2, 0.25) is 0 Å². The molecule has 1 saturated heterocycles. The minimum atomic E-state index is -4.49. The molecule has 5 nitrogen and oxygen atoms in total. The highest BCUT2D eigenvalue weighted by atomic mass is 79.9. The zero-order chi connectivity index (χ0) is 21.5. The molecule has 1 fully saturated rings. The first-order valence-electron chi connectivity index (χ1n) is 9.26. The summed E-state index contributed by atoms with van der Waals surface area (Å²) in [5.74, 6) is 1.15. The zero-order valence-corrected chi connectivity index (χ0v) is 18.1. The number of nitrogens with zero attached hydrogens (tertiary/aromatic N) is 1. The van der Waals surface area contributed by atoms with Crippen molar-refractivity contribution in [1.82, 2.24) is 9.62 Å². The van der Waals surface area contributed by atoms with Crippen LogP contribution in [-0.2, 0) is 16.2 Å². The van der Waals surface area contributed by atoms with E-state index in [2.05, 4.69) is 20.7 Å². The van der Waals surface area contributed by atoms with Crippen LogP contribution in [0.15, 0.2) is 52.8 Å². The molecular formula is C20H18BrF3N2O3S. The van der Waals surface area contributed by atoms with Gasteiger partial charge in [0, 0.05) is 23.1 Å². The van der Waals surface area contributed by atoms with Crippen LogP contribution in [0.4, 0.5) is 13.2 Å². The topological polar surface area (TPSA) is 58.6 Å². The van der Waals surface area contributed by atoms with Crippen molar-refractivity contribution in [2.24, 2.45) is 0 Å². The molecule has 2 aliphatic heterocycles. The number of sulfonamides is 1. The summed E-state index contributed by atoms with van der Waals surface area (Å²) in [6.45, 7) is 1.26. The minimum Gasteiger partial charge on any atom is -0.457 e. The molecule has 0 bridgehead atoms. The lowest BCUT2D eigenvalue weighted by molar-refractivity contribution is -0.138. The van der Waals surface area contributed by atoms with Crippen LogP contribution < -0.4 is 9.46 Å². The number of benzene rings is 2. The second-order valence-electron chi connectivity index (χ2n) is 7.10.